The minimum atomic E-state index is -0.573. The second-order valence-corrected chi connectivity index (χ2v) is 11.0. The largest absolute Gasteiger partial charge is 0.442 e. The number of rotatable bonds is 10. The highest BCUT2D eigenvalue weighted by Crippen LogP contribution is 2.40. The summed E-state index contributed by atoms with van der Waals surface area (Å²) < 4.78 is 6.19. The fraction of sp³-hybridized carbons (Fsp3) is 0.286. The maximum atomic E-state index is 12.6. The minimum absolute atomic E-state index is 0.00132. The Morgan fingerprint density at radius 2 is 1.76 bits per heavy atom. The molecular formula is C35H37N5O2. The fourth-order valence-electron chi connectivity index (χ4n) is 6.01. The summed E-state index contributed by atoms with van der Waals surface area (Å²) in [5.41, 5.74) is 7.72. The molecule has 0 spiro atoms. The van der Waals surface area contributed by atoms with E-state index in [1.807, 2.05) is 55.0 Å². The van der Waals surface area contributed by atoms with Crippen molar-refractivity contribution in [3.63, 3.8) is 0 Å². The molecule has 42 heavy (non-hydrogen) atoms. The Labute approximate surface area is 247 Å². The molecule has 6 rings (SSSR count). The number of carbonyl (C=O) groups is 1. The van der Waals surface area contributed by atoms with Gasteiger partial charge in [0.05, 0.1) is 17.4 Å². The topological polar surface area (TPSA) is 83.1 Å². The van der Waals surface area contributed by atoms with E-state index >= 15 is 0 Å². The van der Waals surface area contributed by atoms with E-state index < -0.39 is 6.23 Å². The number of nitrogens with zero attached hydrogens (tertiary/aromatic N) is 3. The van der Waals surface area contributed by atoms with Gasteiger partial charge in [0.2, 0.25) is 0 Å². The van der Waals surface area contributed by atoms with E-state index in [0.717, 1.165) is 72.2 Å². The van der Waals surface area contributed by atoms with Gasteiger partial charge in [0.15, 0.2) is 6.23 Å². The lowest BCUT2D eigenvalue weighted by Crippen LogP contribution is -2.35. The molecule has 0 radical (unpaired) electrons. The molecule has 2 aromatic carbocycles. The number of hydrogen-bond acceptors (Lipinski definition) is 6. The summed E-state index contributed by atoms with van der Waals surface area (Å²) in [7, 11) is 0. The Kier molecular flexibility index (Phi) is 8.68. The highest BCUT2D eigenvalue weighted by atomic mass is 16.6. The number of aromatic nitrogens is 3. The van der Waals surface area contributed by atoms with Gasteiger partial charge >= 0.3 is 5.97 Å². The van der Waals surface area contributed by atoms with Crippen LogP contribution in [0.5, 0.6) is 0 Å². The van der Waals surface area contributed by atoms with Crippen LogP contribution in [0.4, 0.5) is 0 Å². The first-order valence-corrected chi connectivity index (χ1v) is 14.8. The van der Waals surface area contributed by atoms with Crippen molar-refractivity contribution in [2.75, 3.05) is 0 Å². The lowest BCUT2D eigenvalue weighted by atomic mass is 10.0. The summed E-state index contributed by atoms with van der Waals surface area (Å²) >= 11 is 0. The number of hydrogen-bond donors (Lipinski definition) is 2. The zero-order valence-corrected chi connectivity index (χ0v) is 24.0. The number of fused-ring (bicyclic) bond motifs is 2. The Hall–Kier alpha value is -4.33. The lowest BCUT2D eigenvalue weighted by molar-refractivity contribution is -0.161. The van der Waals surface area contributed by atoms with Crippen molar-refractivity contribution in [2.45, 2.75) is 64.5 Å². The van der Waals surface area contributed by atoms with E-state index in [1.54, 1.807) is 0 Å². The maximum Gasteiger partial charge on any atom is 0.304 e. The molecule has 214 valence electrons. The zero-order valence-electron chi connectivity index (χ0n) is 24.0. The average molecular weight is 560 g/mol. The molecule has 3 aromatic heterocycles. The summed E-state index contributed by atoms with van der Waals surface area (Å²) in [5, 5.41) is 4.53. The van der Waals surface area contributed by atoms with Gasteiger partial charge in [-0.15, -0.1) is 0 Å². The molecule has 2 unspecified atom stereocenters. The van der Waals surface area contributed by atoms with Crippen LogP contribution in [0.1, 0.15) is 72.1 Å². The standard InChI is InChI=1S/C35H37N5O2/c1-25(41)42-35(31-23-39-32-13-4-3-12-30(31)32)40(33-14-5-2-9-28-10-8-20-38-34(28)33)24-27-17-15-26(16-18-27)21-36-22-29-11-6-7-19-37-29/h3-4,6-8,10-13,15-20,23,33,35-36,39H,2,5,9,14,21-22,24H2,1H3. The predicted molar refractivity (Wildman–Crippen MR) is 164 cm³/mol. The van der Waals surface area contributed by atoms with Crippen LogP contribution in [0, 0.1) is 0 Å². The summed E-state index contributed by atoms with van der Waals surface area (Å²) in [6, 6.07) is 27.1. The van der Waals surface area contributed by atoms with E-state index in [2.05, 4.69) is 62.6 Å². The Balaban J connectivity index is 1.32. The summed E-state index contributed by atoms with van der Waals surface area (Å²) in [6.45, 7) is 3.58. The molecule has 1 aliphatic carbocycles. The SMILES string of the molecule is CC(=O)OC(c1c[nH]c2ccccc12)N(Cc1ccc(CNCc2ccccn2)cc1)C1CCCCc2cccnc21. The third kappa shape index (κ3) is 6.43. The van der Waals surface area contributed by atoms with Crippen LogP contribution in [0.3, 0.4) is 0 Å². The number of H-pyrrole nitrogens is 1. The van der Waals surface area contributed by atoms with Gasteiger partial charge in [-0.1, -0.05) is 61.0 Å². The van der Waals surface area contributed by atoms with Crippen molar-refractivity contribution in [3.05, 3.63) is 131 Å². The first-order chi connectivity index (χ1) is 20.7. The minimum Gasteiger partial charge on any atom is -0.442 e. The van der Waals surface area contributed by atoms with Crippen LogP contribution in [0.25, 0.3) is 10.9 Å². The Bertz CT molecular complexity index is 1620. The van der Waals surface area contributed by atoms with Crippen molar-refractivity contribution < 1.29 is 9.53 Å². The summed E-state index contributed by atoms with van der Waals surface area (Å²) in [5.74, 6) is -0.306. The second kappa shape index (κ2) is 13.1. The molecule has 2 N–H and O–H groups in total. The molecule has 0 saturated heterocycles. The van der Waals surface area contributed by atoms with Crippen LogP contribution in [-0.2, 0) is 35.6 Å². The van der Waals surface area contributed by atoms with Crippen LogP contribution < -0.4 is 5.32 Å². The van der Waals surface area contributed by atoms with Gasteiger partial charge in [0, 0.05) is 61.6 Å². The first-order valence-electron chi connectivity index (χ1n) is 14.8. The summed E-state index contributed by atoms with van der Waals surface area (Å²) in [6.07, 6.45) is 9.27. The molecule has 0 bridgehead atoms. The van der Waals surface area contributed by atoms with Crippen molar-refractivity contribution in [1.29, 1.82) is 0 Å². The molecule has 1 aliphatic rings. The zero-order chi connectivity index (χ0) is 28.7. The maximum absolute atomic E-state index is 12.6. The quantitative estimate of drug-likeness (QED) is 0.112. The number of esters is 1. The van der Waals surface area contributed by atoms with Crippen LogP contribution in [0.15, 0.2) is 97.5 Å². The van der Waals surface area contributed by atoms with Crippen molar-refractivity contribution in [3.8, 4) is 0 Å². The number of benzene rings is 2. The number of pyridine rings is 2. The monoisotopic (exact) mass is 559 g/mol. The molecule has 7 nitrogen and oxygen atoms in total. The predicted octanol–water partition coefficient (Wildman–Crippen LogP) is 6.78. The van der Waals surface area contributed by atoms with Gasteiger partial charge in [-0.25, -0.2) is 0 Å². The fourth-order valence-corrected chi connectivity index (χ4v) is 6.01. The van der Waals surface area contributed by atoms with E-state index in [0.29, 0.717) is 6.54 Å². The van der Waals surface area contributed by atoms with Crippen LogP contribution >= 0.6 is 0 Å². The molecule has 0 saturated carbocycles. The van der Waals surface area contributed by atoms with Gasteiger partial charge in [0.25, 0.3) is 0 Å². The Morgan fingerprint density at radius 3 is 2.60 bits per heavy atom. The highest BCUT2D eigenvalue weighted by Gasteiger charge is 2.35. The second-order valence-electron chi connectivity index (χ2n) is 11.0. The van der Waals surface area contributed by atoms with Crippen molar-refractivity contribution >= 4 is 16.9 Å². The molecule has 2 atom stereocenters. The number of nitrogens with one attached hydrogen (secondary N) is 2. The van der Waals surface area contributed by atoms with Gasteiger partial charge in [-0.2, -0.15) is 0 Å². The van der Waals surface area contributed by atoms with E-state index in [9.17, 15) is 4.79 Å². The van der Waals surface area contributed by atoms with Gasteiger partial charge in [-0.3, -0.25) is 19.7 Å². The molecule has 3 heterocycles. The third-order valence-electron chi connectivity index (χ3n) is 8.03. The number of carbonyl (C=O) groups excluding carboxylic acids is 1. The molecular weight excluding hydrogens is 522 g/mol. The normalized spacial score (nSPS) is 15.7. The number of aryl methyl sites for hydroxylation is 1. The molecule has 7 heteroatoms. The number of para-hydroxylation sites is 1. The number of aromatic amines is 1. The van der Waals surface area contributed by atoms with E-state index in [1.165, 1.54) is 18.1 Å². The molecule has 0 fully saturated rings. The molecule has 0 amide bonds. The molecule has 0 aliphatic heterocycles. The van der Waals surface area contributed by atoms with Gasteiger partial charge in [-0.05, 0) is 60.2 Å². The molecule has 5 aromatic rings. The number of ether oxygens (including phenoxy) is 1. The van der Waals surface area contributed by atoms with E-state index in [-0.39, 0.29) is 12.0 Å². The third-order valence-corrected chi connectivity index (χ3v) is 8.03. The lowest BCUT2D eigenvalue weighted by Gasteiger charge is -2.37. The van der Waals surface area contributed by atoms with Crippen molar-refractivity contribution in [1.82, 2.24) is 25.2 Å². The van der Waals surface area contributed by atoms with Crippen LogP contribution in [0.2, 0.25) is 0 Å². The first kappa shape index (κ1) is 27.8. The van der Waals surface area contributed by atoms with Crippen LogP contribution in [-0.4, -0.2) is 25.8 Å². The Morgan fingerprint density at radius 1 is 0.952 bits per heavy atom. The smallest absolute Gasteiger partial charge is 0.304 e. The summed E-state index contributed by atoms with van der Waals surface area (Å²) in [4.78, 5) is 27.6. The van der Waals surface area contributed by atoms with Crippen molar-refractivity contribution in [2.24, 2.45) is 0 Å². The van der Waals surface area contributed by atoms with Gasteiger partial charge in [0.1, 0.15) is 0 Å². The van der Waals surface area contributed by atoms with E-state index in [4.69, 9.17) is 9.72 Å². The van der Waals surface area contributed by atoms with Gasteiger partial charge < -0.3 is 15.0 Å². The average Bonchev–Trinajstić information content (AvgIpc) is 3.33. The highest BCUT2D eigenvalue weighted by molar-refractivity contribution is 5.83.